The number of aryl methyl sites for hydroxylation is 1. The van der Waals surface area contributed by atoms with E-state index in [2.05, 4.69) is 17.1 Å². The van der Waals surface area contributed by atoms with Crippen LogP contribution in [0.3, 0.4) is 0 Å². The highest BCUT2D eigenvalue weighted by molar-refractivity contribution is 5.84. The molecule has 15 heavy (non-hydrogen) atoms. The van der Waals surface area contributed by atoms with Crippen LogP contribution in [0, 0.1) is 6.92 Å². The van der Waals surface area contributed by atoms with Crippen LogP contribution in [0.5, 0.6) is 5.75 Å². The zero-order valence-electron chi connectivity index (χ0n) is 9.32. The fourth-order valence-electron chi connectivity index (χ4n) is 1.57. The van der Waals surface area contributed by atoms with Crippen molar-refractivity contribution in [1.82, 2.24) is 4.98 Å². The average molecular weight is 201 g/mol. The van der Waals surface area contributed by atoms with Gasteiger partial charge in [0, 0.05) is 11.1 Å². The minimum absolute atomic E-state index is 0.179. The molecule has 0 atom stereocenters. The Morgan fingerprint density at radius 2 is 1.93 bits per heavy atom. The first-order valence-electron chi connectivity index (χ1n) is 5.20. The Balaban J connectivity index is 2.58. The van der Waals surface area contributed by atoms with Crippen LogP contribution in [0.1, 0.15) is 19.5 Å². The molecule has 0 N–H and O–H groups in total. The van der Waals surface area contributed by atoms with Gasteiger partial charge >= 0.3 is 0 Å². The Morgan fingerprint density at radius 1 is 1.13 bits per heavy atom. The number of para-hydroxylation sites is 1. The van der Waals surface area contributed by atoms with Gasteiger partial charge in [-0.2, -0.15) is 0 Å². The van der Waals surface area contributed by atoms with Gasteiger partial charge in [0.05, 0.1) is 6.10 Å². The molecule has 0 bridgehead atoms. The third-order valence-corrected chi connectivity index (χ3v) is 2.19. The molecule has 1 aromatic heterocycles. The SMILES string of the molecule is Cc1ccc2cccc(OC(C)C)c2n1. The first kappa shape index (κ1) is 9.97. The van der Waals surface area contributed by atoms with Gasteiger partial charge in [0.15, 0.2) is 0 Å². The number of hydrogen-bond acceptors (Lipinski definition) is 2. The molecule has 0 aliphatic rings. The topological polar surface area (TPSA) is 22.1 Å². The van der Waals surface area contributed by atoms with Crippen LogP contribution in [0.15, 0.2) is 30.3 Å². The van der Waals surface area contributed by atoms with Crippen LogP contribution < -0.4 is 4.74 Å². The number of hydrogen-bond donors (Lipinski definition) is 0. The molecule has 0 saturated heterocycles. The van der Waals surface area contributed by atoms with Crippen LogP contribution in [0.25, 0.3) is 10.9 Å². The number of nitrogens with zero attached hydrogens (tertiary/aromatic N) is 1. The van der Waals surface area contributed by atoms with Crippen LogP contribution in [-0.2, 0) is 0 Å². The molecule has 2 rings (SSSR count). The van der Waals surface area contributed by atoms with Crippen molar-refractivity contribution in [2.24, 2.45) is 0 Å². The highest BCUT2D eigenvalue weighted by Gasteiger charge is 2.04. The van der Waals surface area contributed by atoms with Gasteiger partial charge in [-0.05, 0) is 32.9 Å². The van der Waals surface area contributed by atoms with Gasteiger partial charge in [0.1, 0.15) is 11.3 Å². The van der Waals surface area contributed by atoms with E-state index in [1.807, 2.05) is 39.0 Å². The summed E-state index contributed by atoms with van der Waals surface area (Å²) in [7, 11) is 0. The fraction of sp³-hybridized carbons (Fsp3) is 0.308. The van der Waals surface area contributed by atoms with Crippen molar-refractivity contribution in [2.75, 3.05) is 0 Å². The molecule has 0 spiro atoms. The molecule has 0 radical (unpaired) electrons. The summed E-state index contributed by atoms with van der Waals surface area (Å²) in [6.45, 7) is 6.04. The van der Waals surface area contributed by atoms with Crippen molar-refractivity contribution in [3.63, 3.8) is 0 Å². The van der Waals surface area contributed by atoms with Gasteiger partial charge in [-0.15, -0.1) is 0 Å². The maximum absolute atomic E-state index is 5.72. The molecule has 0 aliphatic carbocycles. The largest absolute Gasteiger partial charge is 0.489 e. The monoisotopic (exact) mass is 201 g/mol. The van der Waals surface area contributed by atoms with Crippen LogP contribution in [-0.4, -0.2) is 11.1 Å². The highest BCUT2D eigenvalue weighted by Crippen LogP contribution is 2.24. The number of fused-ring (bicyclic) bond motifs is 1. The third kappa shape index (κ3) is 2.09. The van der Waals surface area contributed by atoms with Gasteiger partial charge in [0.25, 0.3) is 0 Å². The summed E-state index contributed by atoms with van der Waals surface area (Å²) in [4.78, 5) is 4.50. The van der Waals surface area contributed by atoms with Crippen molar-refractivity contribution in [3.05, 3.63) is 36.0 Å². The third-order valence-electron chi connectivity index (χ3n) is 2.19. The summed E-state index contributed by atoms with van der Waals surface area (Å²) < 4.78 is 5.72. The van der Waals surface area contributed by atoms with Gasteiger partial charge in [0.2, 0.25) is 0 Å². The predicted octanol–water partition coefficient (Wildman–Crippen LogP) is 3.33. The molecule has 0 saturated carbocycles. The van der Waals surface area contributed by atoms with Crippen LogP contribution in [0.2, 0.25) is 0 Å². The lowest BCUT2D eigenvalue weighted by Gasteiger charge is -2.11. The minimum Gasteiger partial charge on any atom is -0.489 e. The Bertz CT molecular complexity index is 477. The maximum atomic E-state index is 5.72. The Labute approximate surface area is 89.9 Å². The lowest BCUT2D eigenvalue weighted by molar-refractivity contribution is 0.245. The van der Waals surface area contributed by atoms with Gasteiger partial charge in [-0.25, -0.2) is 4.98 Å². The number of ether oxygens (including phenoxy) is 1. The molecule has 1 heterocycles. The molecular weight excluding hydrogens is 186 g/mol. The van der Waals surface area contributed by atoms with Crippen molar-refractivity contribution < 1.29 is 4.74 Å². The standard InChI is InChI=1S/C13H15NO/c1-9(2)15-12-6-4-5-11-8-7-10(3)14-13(11)12/h4-9H,1-3H3. The molecule has 0 unspecified atom stereocenters. The van der Waals surface area contributed by atoms with E-state index in [1.165, 1.54) is 0 Å². The van der Waals surface area contributed by atoms with E-state index in [0.717, 1.165) is 22.3 Å². The second kappa shape index (κ2) is 3.89. The molecule has 2 nitrogen and oxygen atoms in total. The fourth-order valence-corrected chi connectivity index (χ4v) is 1.57. The summed E-state index contributed by atoms with van der Waals surface area (Å²) >= 11 is 0. The van der Waals surface area contributed by atoms with E-state index < -0.39 is 0 Å². The minimum atomic E-state index is 0.179. The van der Waals surface area contributed by atoms with Crippen LogP contribution in [0.4, 0.5) is 0 Å². The molecule has 2 heteroatoms. The zero-order chi connectivity index (χ0) is 10.8. The Morgan fingerprint density at radius 3 is 2.67 bits per heavy atom. The first-order chi connectivity index (χ1) is 7.16. The first-order valence-corrected chi connectivity index (χ1v) is 5.20. The summed E-state index contributed by atoms with van der Waals surface area (Å²) in [5.41, 5.74) is 1.97. The zero-order valence-corrected chi connectivity index (χ0v) is 9.32. The van der Waals surface area contributed by atoms with E-state index in [9.17, 15) is 0 Å². The average Bonchev–Trinajstić information content (AvgIpc) is 2.18. The summed E-state index contributed by atoms with van der Waals surface area (Å²) in [6.07, 6.45) is 0.179. The molecule has 0 aliphatic heterocycles. The number of rotatable bonds is 2. The second-order valence-corrected chi connectivity index (χ2v) is 3.95. The number of benzene rings is 1. The quantitative estimate of drug-likeness (QED) is 0.743. The summed E-state index contributed by atoms with van der Waals surface area (Å²) in [5, 5.41) is 1.12. The van der Waals surface area contributed by atoms with Crippen molar-refractivity contribution >= 4 is 10.9 Å². The lowest BCUT2D eigenvalue weighted by Crippen LogP contribution is -2.06. The van der Waals surface area contributed by atoms with Gasteiger partial charge in [-0.1, -0.05) is 18.2 Å². The van der Waals surface area contributed by atoms with Gasteiger partial charge < -0.3 is 4.74 Å². The molecule has 0 fully saturated rings. The van der Waals surface area contributed by atoms with E-state index in [-0.39, 0.29) is 6.10 Å². The molecule has 2 aromatic rings. The maximum Gasteiger partial charge on any atom is 0.145 e. The molecule has 0 amide bonds. The van der Waals surface area contributed by atoms with Crippen LogP contribution >= 0.6 is 0 Å². The van der Waals surface area contributed by atoms with Gasteiger partial charge in [-0.3, -0.25) is 0 Å². The number of aromatic nitrogens is 1. The highest BCUT2D eigenvalue weighted by atomic mass is 16.5. The summed E-state index contributed by atoms with van der Waals surface area (Å²) in [5.74, 6) is 0.867. The van der Waals surface area contributed by atoms with E-state index >= 15 is 0 Å². The van der Waals surface area contributed by atoms with E-state index in [1.54, 1.807) is 0 Å². The van der Waals surface area contributed by atoms with E-state index in [4.69, 9.17) is 4.74 Å². The predicted molar refractivity (Wildman–Crippen MR) is 62.2 cm³/mol. The van der Waals surface area contributed by atoms with Crippen molar-refractivity contribution in [3.8, 4) is 5.75 Å². The smallest absolute Gasteiger partial charge is 0.145 e. The number of pyridine rings is 1. The lowest BCUT2D eigenvalue weighted by atomic mass is 10.2. The van der Waals surface area contributed by atoms with Crippen molar-refractivity contribution in [2.45, 2.75) is 26.9 Å². The normalized spacial score (nSPS) is 10.9. The Hall–Kier alpha value is -1.57. The van der Waals surface area contributed by atoms with Crippen molar-refractivity contribution in [1.29, 1.82) is 0 Å². The summed E-state index contributed by atoms with van der Waals surface area (Å²) in [6, 6.07) is 10.1. The van der Waals surface area contributed by atoms with E-state index in [0.29, 0.717) is 0 Å². The molecule has 78 valence electrons. The Kier molecular flexibility index (Phi) is 2.58. The second-order valence-electron chi connectivity index (χ2n) is 3.95. The molecule has 1 aromatic carbocycles. The molecular formula is C13H15NO.